The van der Waals surface area contributed by atoms with Gasteiger partial charge in [0.1, 0.15) is 6.54 Å². The molecule has 0 bridgehead atoms. The number of rotatable bonds is 6. The van der Waals surface area contributed by atoms with Crippen molar-refractivity contribution in [3.8, 4) is 0 Å². The van der Waals surface area contributed by atoms with E-state index in [1.807, 2.05) is 28.8 Å². The van der Waals surface area contributed by atoms with Gasteiger partial charge in [0.05, 0.1) is 0 Å². The number of guanidine groups is 1. The fourth-order valence-electron chi connectivity index (χ4n) is 3.31. The van der Waals surface area contributed by atoms with Crippen molar-refractivity contribution in [2.24, 2.45) is 4.99 Å². The highest BCUT2D eigenvalue weighted by atomic mass is 15.3. The van der Waals surface area contributed by atoms with Gasteiger partial charge in [0.2, 0.25) is 0 Å². The van der Waals surface area contributed by atoms with Gasteiger partial charge in [-0.25, -0.2) is 4.99 Å². The van der Waals surface area contributed by atoms with Crippen molar-refractivity contribution >= 4 is 22.5 Å². The van der Waals surface area contributed by atoms with Crippen LogP contribution in [0.2, 0.25) is 0 Å². The van der Waals surface area contributed by atoms with Crippen LogP contribution in [0.25, 0.3) is 16.6 Å². The van der Waals surface area contributed by atoms with Crippen molar-refractivity contribution in [1.82, 2.24) is 30.2 Å². The molecular weight excluding hydrogens is 350 g/mol. The van der Waals surface area contributed by atoms with E-state index >= 15 is 0 Å². The third kappa shape index (κ3) is 3.83. The van der Waals surface area contributed by atoms with E-state index in [4.69, 9.17) is 0 Å². The van der Waals surface area contributed by atoms with Gasteiger partial charge in [-0.15, -0.1) is 10.2 Å². The first-order chi connectivity index (χ1) is 13.7. The molecule has 0 aliphatic carbocycles. The predicted octanol–water partition coefficient (Wildman–Crippen LogP) is 2.82. The highest BCUT2D eigenvalue weighted by Crippen LogP contribution is 2.19. The summed E-state index contributed by atoms with van der Waals surface area (Å²) in [6, 6.07) is 12.4. The van der Waals surface area contributed by atoms with Crippen LogP contribution in [-0.2, 0) is 13.0 Å². The van der Waals surface area contributed by atoms with Gasteiger partial charge < -0.3 is 15.6 Å². The quantitative estimate of drug-likeness (QED) is 0.357. The molecule has 0 unspecified atom stereocenters. The van der Waals surface area contributed by atoms with Crippen LogP contribution in [0.15, 0.2) is 53.8 Å². The molecular formula is C21H25N7. The first-order valence-electron chi connectivity index (χ1n) is 9.62. The molecule has 0 spiro atoms. The Bertz CT molecular complexity index is 1110. The molecule has 1 aromatic carbocycles. The van der Waals surface area contributed by atoms with E-state index < -0.39 is 0 Å². The maximum absolute atomic E-state index is 4.66. The van der Waals surface area contributed by atoms with Crippen LogP contribution in [0, 0.1) is 6.92 Å². The summed E-state index contributed by atoms with van der Waals surface area (Å²) in [6.45, 7) is 6.24. The molecule has 0 fully saturated rings. The lowest BCUT2D eigenvalue weighted by atomic mass is 10.1. The molecule has 3 heterocycles. The second-order valence-corrected chi connectivity index (χ2v) is 6.78. The fraction of sp³-hybridized carbons (Fsp3) is 0.286. The summed E-state index contributed by atoms with van der Waals surface area (Å²) in [4.78, 5) is 8.02. The summed E-state index contributed by atoms with van der Waals surface area (Å²) in [5.41, 5.74) is 4.60. The summed E-state index contributed by atoms with van der Waals surface area (Å²) < 4.78 is 1.96. The number of hydrogen-bond acceptors (Lipinski definition) is 3. The largest absolute Gasteiger partial charge is 0.361 e. The second kappa shape index (κ2) is 8.12. The number of aromatic amines is 1. The number of aryl methyl sites for hydroxylation is 1. The van der Waals surface area contributed by atoms with Crippen LogP contribution in [0.1, 0.15) is 23.9 Å². The Balaban J connectivity index is 1.41. The highest BCUT2D eigenvalue weighted by Gasteiger charge is 2.06. The maximum Gasteiger partial charge on any atom is 0.191 e. The minimum atomic E-state index is 0.465. The third-order valence-corrected chi connectivity index (χ3v) is 4.72. The molecule has 0 atom stereocenters. The lowest BCUT2D eigenvalue weighted by Crippen LogP contribution is -2.38. The highest BCUT2D eigenvalue weighted by molar-refractivity contribution is 5.84. The topological polar surface area (TPSA) is 82.4 Å². The van der Waals surface area contributed by atoms with E-state index in [0.29, 0.717) is 6.54 Å². The summed E-state index contributed by atoms with van der Waals surface area (Å²) in [5, 5.41) is 16.4. The second-order valence-electron chi connectivity index (χ2n) is 6.78. The maximum atomic E-state index is 4.66. The zero-order chi connectivity index (χ0) is 19.3. The summed E-state index contributed by atoms with van der Waals surface area (Å²) in [6.07, 6.45) is 4.97. The Labute approximate surface area is 163 Å². The van der Waals surface area contributed by atoms with E-state index in [1.54, 1.807) is 0 Å². The lowest BCUT2D eigenvalue weighted by molar-refractivity contribution is 0.789. The molecule has 4 rings (SSSR count). The van der Waals surface area contributed by atoms with Gasteiger partial charge in [-0.1, -0.05) is 18.2 Å². The average Bonchev–Trinajstić information content (AvgIpc) is 3.30. The minimum absolute atomic E-state index is 0.465. The number of H-pyrrole nitrogens is 1. The van der Waals surface area contributed by atoms with E-state index in [1.165, 1.54) is 22.0 Å². The number of aliphatic imine (C=N–C) groups is 1. The monoisotopic (exact) mass is 375 g/mol. The molecule has 0 aliphatic heterocycles. The Morgan fingerprint density at radius 2 is 2.11 bits per heavy atom. The fourth-order valence-corrected chi connectivity index (χ4v) is 3.31. The van der Waals surface area contributed by atoms with Gasteiger partial charge in [-0.3, -0.25) is 4.40 Å². The molecule has 0 saturated heterocycles. The molecule has 4 aromatic rings. The molecule has 0 saturated carbocycles. The van der Waals surface area contributed by atoms with Gasteiger partial charge in [0.15, 0.2) is 17.4 Å². The van der Waals surface area contributed by atoms with Crippen molar-refractivity contribution in [3.63, 3.8) is 0 Å². The van der Waals surface area contributed by atoms with Crippen LogP contribution in [-0.4, -0.2) is 38.6 Å². The zero-order valence-electron chi connectivity index (χ0n) is 16.2. The van der Waals surface area contributed by atoms with Gasteiger partial charge >= 0.3 is 0 Å². The molecule has 0 aliphatic rings. The Morgan fingerprint density at radius 1 is 1.18 bits per heavy atom. The number of hydrogen-bond donors (Lipinski definition) is 3. The van der Waals surface area contributed by atoms with E-state index in [0.717, 1.165) is 36.9 Å². The molecule has 0 amide bonds. The number of nitrogens with zero attached hydrogens (tertiary/aromatic N) is 4. The minimum Gasteiger partial charge on any atom is -0.361 e. The van der Waals surface area contributed by atoms with E-state index in [2.05, 4.69) is 69.1 Å². The smallest absolute Gasteiger partial charge is 0.191 e. The SMILES string of the molecule is CCNC(=NCc1nnc2ccccn12)NCCc1c[nH]c2cc(C)ccc12. The normalized spacial score (nSPS) is 12.0. The molecule has 7 heteroatoms. The predicted molar refractivity (Wildman–Crippen MR) is 113 cm³/mol. The number of benzene rings is 1. The molecule has 144 valence electrons. The van der Waals surface area contributed by atoms with Crippen LogP contribution < -0.4 is 10.6 Å². The summed E-state index contributed by atoms with van der Waals surface area (Å²) in [7, 11) is 0. The molecule has 7 nitrogen and oxygen atoms in total. The number of pyridine rings is 1. The van der Waals surface area contributed by atoms with Crippen molar-refractivity contribution in [3.05, 3.63) is 65.7 Å². The molecule has 3 aromatic heterocycles. The third-order valence-electron chi connectivity index (χ3n) is 4.72. The van der Waals surface area contributed by atoms with Crippen LogP contribution in [0.3, 0.4) is 0 Å². The van der Waals surface area contributed by atoms with Crippen LogP contribution >= 0.6 is 0 Å². The Morgan fingerprint density at radius 3 is 3.00 bits per heavy atom. The Hall–Kier alpha value is -3.35. The van der Waals surface area contributed by atoms with E-state index in [-0.39, 0.29) is 0 Å². The van der Waals surface area contributed by atoms with Gasteiger partial charge in [-0.05, 0) is 49.6 Å². The summed E-state index contributed by atoms with van der Waals surface area (Å²) >= 11 is 0. The van der Waals surface area contributed by atoms with Crippen LogP contribution in [0.4, 0.5) is 0 Å². The van der Waals surface area contributed by atoms with Gasteiger partial charge in [-0.2, -0.15) is 0 Å². The van der Waals surface area contributed by atoms with Crippen molar-refractivity contribution in [2.45, 2.75) is 26.8 Å². The molecule has 0 radical (unpaired) electrons. The van der Waals surface area contributed by atoms with Crippen molar-refractivity contribution < 1.29 is 0 Å². The number of aromatic nitrogens is 4. The average molecular weight is 375 g/mol. The summed E-state index contributed by atoms with van der Waals surface area (Å²) in [5.74, 6) is 1.60. The standard InChI is InChI=1S/C21H25N7/c1-3-22-21(25-14-20-27-26-19-6-4-5-11-28(19)20)23-10-9-16-13-24-18-12-15(2)7-8-17(16)18/h4-8,11-13,24H,3,9-10,14H2,1-2H3,(H2,22,23,25). The van der Waals surface area contributed by atoms with E-state index in [9.17, 15) is 0 Å². The lowest BCUT2D eigenvalue weighted by Gasteiger charge is -2.11. The molecule has 3 N–H and O–H groups in total. The zero-order valence-corrected chi connectivity index (χ0v) is 16.2. The van der Waals surface area contributed by atoms with Crippen molar-refractivity contribution in [1.29, 1.82) is 0 Å². The van der Waals surface area contributed by atoms with Crippen molar-refractivity contribution in [2.75, 3.05) is 13.1 Å². The number of nitrogens with one attached hydrogen (secondary N) is 3. The first-order valence-corrected chi connectivity index (χ1v) is 9.62. The van der Waals surface area contributed by atoms with Gasteiger partial charge in [0.25, 0.3) is 0 Å². The first kappa shape index (κ1) is 18.0. The Kier molecular flexibility index (Phi) is 5.23. The number of fused-ring (bicyclic) bond motifs is 2. The van der Waals surface area contributed by atoms with Crippen LogP contribution in [0.5, 0.6) is 0 Å². The molecule has 28 heavy (non-hydrogen) atoms. The van der Waals surface area contributed by atoms with Gasteiger partial charge in [0, 0.05) is 36.4 Å².